The zero-order valence-electron chi connectivity index (χ0n) is 13.9. The van der Waals surface area contributed by atoms with Crippen LogP contribution in [-0.2, 0) is 22.3 Å². The van der Waals surface area contributed by atoms with Crippen molar-refractivity contribution in [1.29, 1.82) is 0 Å². The summed E-state index contributed by atoms with van der Waals surface area (Å²) in [5, 5.41) is 1.78. The molecule has 0 atom stereocenters. The zero-order valence-corrected chi connectivity index (χ0v) is 14.8. The Hall–Kier alpha value is -2.88. The average molecular weight is 398 g/mol. The molecule has 0 amide bonds. The van der Waals surface area contributed by atoms with E-state index in [4.69, 9.17) is 9.47 Å². The van der Waals surface area contributed by atoms with Gasteiger partial charge in [0.1, 0.15) is 12.4 Å². The highest BCUT2D eigenvalue weighted by Gasteiger charge is 2.30. The van der Waals surface area contributed by atoms with Crippen molar-refractivity contribution in [2.75, 3.05) is 6.61 Å². The fraction of sp³-hybridized carbons (Fsp3) is 0.235. The number of carbonyl (C=O) groups is 1. The van der Waals surface area contributed by atoms with Crippen LogP contribution in [-0.4, -0.2) is 22.0 Å². The zero-order chi connectivity index (χ0) is 19.6. The Labute approximate surface area is 154 Å². The van der Waals surface area contributed by atoms with Gasteiger partial charge in [-0.05, 0) is 25.1 Å². The van der Waals surface area contributed by atoms with E-state index in [2.05, 4.69) is 4.98 Å². The quantitative estimate of drug-likeness (QED) is 0.618. The first-order valence-corrected chi connectivity index (χ1v) is 8.54. The molecule has 0 fully saturated rings. The number of thiazole rings is 1. The van der Waals surface area contributed by atoms with Gasteiger partial charge in [-0.1, -0.05) is 6.07 Å². The fourth-order valence-electron chi connectivity index (χ4n) is 2.28. The molecule has 2 aromatic heterocycles. The Morgan fingerprint density at radius 1 is 1.30 bits per heavy atom. The third-order valence-electron chi connectivity index (χ3n) is 3.53. The van der Waals surface area contributed by atoms with Crippen LogP contribution in [0.2, 0.25) is 0 Å². The summed E-state index contributed by atoms with van der Waals surface area (Å²) >= 11 is 1.28. The Bertz CT molecular complexity index is 1040. The van der Waals surface area contributed by atoms with Crippen LogP contribution < -0.4 is 10.3 Å². The molecular weight excluding hydrogens is 385 g/mol. The molecule has 0 radical (unpaired) electrons. The SMILES string of the molecule is Cc1csc2nc(COC(=O)COc3cccc(C(F)(F)F)c3)cc(=O)n12. The molecular formula is C17H13F3N2O4S. The Balaban J connectivity index is 1.58. The van der Waals surface area contributed by atoms with Crippen molar-refractivity contribution < 1.29 is 27.4 Å². The van der Waals surface area contributed by atoms with Crippen molar-refractivity contribution in [3.05, 3.63) is 63.0 Å². The van der Waals surface area contributed by atoms with Crippen LogP contribution >= 0.6 is 11.3 Å². The van der Waals surface area contributed by atoms with Gasteiger partial charge in [0.2, 0.25) is 0 Å². The molecule has 1 aromatic carbocycles. The number of halogens is 3. The van der Waals surface area contributed by atoms with Gasteiger partial charge in [-0.2, -0.15) is 13.2 Å². The summed E-state index contributed by atoms with van der Waals surface area (Å²) < 4.78 is 49.4. The number of alkyl halides is 3. The second kappa shape index (κ2) is 7.39. The van der Waals surface area contributed by atoms with Crippen LogP contribution in [0.5, 0.6) is 5.75 Å². The minimum Gasteiger partial charge on any atom is -0.482 e. The van der Waals surface area contributed by atoms with Crippen molar-refractivity contribution in [2.45, 2.75) is 19.7 Å². The fourth-order valence-corrected chi connectivity index (χ4v) is 3.17. The summed E-state index contributed by atoms with van der Waals surface area (Å²) in [6.45, 7) is 0.964. The molecule has 6 nitrogen and oxygen atoms in total. The number of benzene rings is 1. The summed E-state index contributed by atoms with van der Waals surface area (Å²) in [4.78, 5) is 28.5. The van der Waals surface area contributed by atoms with E-state index >= 15 is 0 Å². The number of aromatic nitrogens is 2. The Morgan fingerprint density at radius 2 is 2.07 bits per heavy atom. The third-order valence-corrected chi connectivity index (χ3v) is 4.47. The lowest BCUT2D eigenvalue weighted by Gasteiger charge is -2.10. The first-order valence-electron chi connectivity index (χ1n) is 7.66. The Morgan fingerprint density at radius 3 is 2.81 bits per heavy atom. The second-order valence-corrected chi connectivity index (χ2v) is 6.39. The summed E-state index contributed by atoms with van der Waals surface area (Å²) in [7, 11) is 0. The molecule has 10 heteroatoms. The monoisotopic (exact) mass is 398 g/mol. The highest BCUT2D eigenvalue weighted by Crippen LogP contribution is 2.31. The summed E-state index contributed by atoms with van der Waals surface area (Å²) in [5.74, 6) is -0.898. The van der Waals surface area contributed by atoms with Crippen LogP contribution in [0, 0.1) is 6.92 Å². The maximum atomic E-state index is 12.6. The molecule has 0 spiro atoms. The molecule has 142 valence electrons. The van der Waals surface area contributed by atoms with Crippen molar-refractivity contribution in [1.82, 2.24) is 9.38 Å². The normalized spacial score (nSPS) is 11.6. The average Bonchev–Trinajstić information content (AvgIpc) is 2.99. The summed E-state index contributed by atoms with van der Waals surface area (Å²) in [6, 6.07) is 5.44. The van der Waals surface area contributed by atoms with E-state index in [9.17, 15) is 22.8 Å². The molecule has 3 aromatic rings. The minimum atomic E-state index is -4.50. The van der Waals surface area contributed by atoms with E-state index in [-0.39, 0.29) is 23.6 Å². The number of ether oxygens (including phenoxy) is 2. The molecule has 0 aliphatic heterocycles. The second-order valence-electron chi connectivity index (χ2n) is 5.56. The van der Waals surface area contributed by atoms with Crippen LogP contribution in [0.4, 0.5) is 13.2 Å². The molecule has 0 bridgehead atoms. The lowest BCUT2D eigenvalue weighted by atomic mass is 10.2. The van der Waals surface area contributed by atoms with Gasteiger partial charge in [0.25, 0.3) is 5.56 Å². The standard InChI is InChI=1S/C17H13F3N2O4S/c1-10-9-27-16-21-12(6-14(23)22(10)16)7-26-15(24)8-25-13-4-2-3-11(5-13)17(18,19)20/h2-6,9H,7-8H2,1H3. The molecule has 0 N–H and O–H groups in total. The van der Waals surface area contributed by atoms with Gasteiger partial charge < -0.3 is 9.47 Å². The topological polar surface area (TPSA) is 69.9 Å². The number of carbonyl (C=O) groups excluding carboxylic acids is 1. The minimum absolute atomic E-state index is 0.103. The van der Waals surface area contributed by atoms with Gasteiger partial charge >= 0.3 is 12.1 Å². The molecule has 0 unspecified atom stereocenters. The molecule has 0 aliphatic rings. The van der Waals surface area contributed by atoms with Gasteiger partial charge in [-0.15, -0.1) is 11.3 Å². The van der Waals surface area contributed by atoms with Crippen molar-refractivity contribution >= 4 is 22.3 Å². The summed E-state index contributed by atoms with van der Waals surface area (Å²) in [5.41, 5.74) is -0.137. The van der Waals surface area contributed by atoms with Crippen LogP contribution in [0.25, 0.3) is 4.96 Å². The number of rotatable bonds is 5. The van der Waals surface area contributed by atoms with Crippen LogP contribution in [0.1, 0.15) is 17.0 Å². The molecule has 0 aliphatic carbocycles. The van der Waals surface area contributed by atoms with Gasteiger partial charge in [0.05, 0.1) is 11.3 Å². The van der Waals surface area contributed by atoms with Crippen molar-refractivity contribution in [3.8, 4) is 5.75 Å². The number of aryl methyl sites for hydroxylation is 1. The number of fused-ring (bicyclic) bond motifs is 1. The van der Waals surface area contributed by atoms with E-state index in [0.29, 0.717) is 4.96 Å². The molecule has 2 heterocycles. The van der Waals surface area contributed by atoms with Crippen molar-refractivity contribution in [3.63, 3.8) is 0 Å². The van der Waals surface area contributed by atoms with Gasteiger partial charge in [-0.25, -0.2) is 9.78 Å². The van der Waals surface area contributed by atoms with Gasteiger partial charge in [0, 0.05) is 17.1 Å². The predicted octanol–water partition coefficient (Wildman–Crippen LogP) is 3.21. The number of hydrogen-bond acceptors (Lipinski definition) is 6. The highest BCUT2D eigenvalue weighted by atomic mass is 32.1. The molecule has 0 saturated carbocycles. The number of nitrogens with zero attached hydrogens (tertiary/aromatic N) is 2. The molecule has 0 saturated heterocycles. The highest BCUT2D eigenvalue weighted by molar-refractivity contribution is 7.15. The van der Waals surface area contributed by atoms with Crippen LogP contribution in [0.15, 0.2) is 40.5 Å². The number of esters is 1. The smallest absolute Gasteiger partial charge is 0.416 e. The van der Waals surface area contributed by atoms with E-state index in [0.717, 1.165) is 17.8 Å². The van der Waals surface area contributed by atoms with E-state index in [1.54, 1.807) is 12.3 Å². The summed E-state index contributed by atoms with van der Waals surface area (Å²) in [6.07, 6.45) is -4.50. The predicted molar refractivity (Wildman–Crippen MR) is 90.8 cm³/mol. The molecule has 3 rings (SSSR count). The third kappa shape index (κ3) is 4.45. The maximum Gasteiger partial charge on any atom is 0.416 e. The van der Waals surface area contributed by atoms with Gasteiger partial charge in [-0.3, -0.25) is 9.20 Å². The van der Waals surface area contributed by atoms with Gasteiger partial charge in [0.15, 0.2) is 11.6 Å². The first kappa shape index (κ1) is 18.9. The largest absolute Gasteiger partial charge is 0.482 e. The molecule has 27 heavy (non-hydrogen) atoms. The lowest BCUT2D eigenvalue weighted by molar-refractivity contribution is -0.147. The number of hydrogen-bond donors (Lipinski definition) is 0. The lowest BCUT2D eigenvalue weighted by Crippen LogP contribution is -2.18. The van der Waals surface area contributed by atoms with Crippen molar-refractivity contribution in [2.24, 2.45) is 0 Å². The maximum absolute atomic E-state index is 12.6. The van der Waals surface area contributed by atoms with E-state index in [1.807, 2.05) is 0 Å². The Kier molecular flexibility index (Phi) is 5.17. The van der Waals surface area contributed by atoms with E-state index in [1.165, 1.54) is 33.9 Å². The van der Waals surface area contributed by atoms with Crippen LogP contribution in [0.3, 0.4) is 0 Å². The first-order chi connectivity index (χ1) is 12.7. The van der Waals surface area contributed by atoms with E-state index < -0.39 is 24.3 Å².